The molecule has 86 valence electrons. The fourth-order valence-electron chi connectivity index (χ4n) is 1.59. The SMILES string of the molecule is CCC(=Cc1cc(C)c(O)c(C)c1)C(=O)O. The molecule has 0 amide bonds. The van der Waals surface area contributed by atoms with E-state index in [0.29, 0.717) is 12.0 Å². The molecule has 0 saturated heterocycles. The molecule has 3 nitrogen and oxygen atoms in total. The van der Waals surface area contributed by atoms with Gasteiger partial charge in [0, 0.05) is 5.57 Å². The summed E-state index contributed by atoms with van der Waals surface area (Å²) in [7, 11) is 0. The highest BCUT2D eigenvalue weighted by atomic mass is 16.4. The van der Waals surface area contributed by atoms with Crippen molar-refractivity contribution in [2.75, 3.05) is 0 Å². The maximum Gasteiger partial charge on any atom is 0.331 e. The van der Waals surface area contributed by atoms with E-state index in [2.05, 4.69) is 0 Å². The number of aromatic hydroxyl groups is 1. The van der Waals surface area contributed by atoms with E-state index >= 15 is 0 Å². The second kappa shape index (κ2) is 4.84. The van der Waals surface area contributed by atoms with Crippen molar-refractivity contribution in [3.05, 3.63) is 34.4 Å². The topological polar surface area (TPSA) is 57.5 Å². The number of phenols is 1. The van der Waals surface area contributed by atoms with Gasteiger partial charge in [-0.15, -0.1) is 0 Å². The molecule has 16 heavy (non-hydrogen) atoms. The van der Waals surface area contributed by atoms with Crippen LogP contribution in [0.2, 0.25) is 0 Å². The molecule has 3 heteroatoms. The van der Waals surface area contributed by atoms with Gasteiger partial charge in [-0.25, -0.2) is 4.79 Å². The summed E-state index contributed by atoms with van der Waals surface area (Å²) in [6.07, 6.45) is 2.12. The molecule has 0 fully saturated rings. The summed E-state index contributed by atoms with van der Waals surface area (Å²) in [6.45, 7) is 5.40. The van der Waals surface area contributed by atoms with Crippen molar-refractivity contribution in [2.24, 2.45) is 0 Å². The Bertz CT molecular complexity index is 421. The van der Waals surface area contributed by atoms with Gasteiger partial charge in [-0.1, -0.05) is 6.92 Å². The first-order valence-electron chi connectivity index (χ1n) is 5.19. The van der Waals surface area contributed by atoms with Crippen molar-refractivity contribution in [3.8, 4) is 5.75 Å². The first-order valence-corrected chi connectivity index (χ1v) is 5.19. The van der Waals surface area contributed by atoms with Crippen molar-refractivity contribution in [3.63, 3.8) is 0 Å². The number of hydrogen-bond acceptors (Lipinski definition) is 2. The van der Waals surface area contributed by atoms with E-state index in [1.165, 1.54) is 0 Å². The summed E-state index contributed by atoms with van der Waals surface area (Å²) in [5, 5.41) is 18.5. The molecule has 0 aliphatic carbocycles. The van der Waals surface area contributed by atoms with Crippen LogP contribution in [0.3, 0.4) is 0 Å². The Morgan fingerprint density at radius 1 is 1.31 bits per heavy atom. The molecule has 0 bridgehead atoms. The number of benzene rings is 1. The van der Waals surface area contributed by atoms with Crippen LogP contribution in [0.15, 0.2) is 17.7 Å². The highest BCUT2D eigenvalue weighted by Crippen LogP contribution is 2.24. The Morgan fingerprint density at radius 2 is 1.81 bits per heavy atom. The maximum atomic E-state index is 10.9. The molecule has 0 aliphatic heterocycles. The summed E-state index contributed by atoms with van der Waals surface area (Å²) >= 11 is 0. The van der Waals surface area contributed by atoms with Crippen LogP contribution in [-0.4, -0.2) is 16.2 Å². The van der Waals surface area contributed by atoms with Gasteiger partial charge in [0.25, 0.3) is 0 Å². The fraction of sp³-hybridized carbons (Fsp3) is 0.308. The third-order valence-corrected chi connectivity index (χ3v) is 2.51. The van der Waals surface area contributed by atoms with Gasteiger partial charge in [0.1, 0.15) is 5.75 Å². The lowest BCUT2D eigenvalue weighted by Crippen LogP contribution is -1.98. The van der Waals surface area contributed by atoms with E-state index in [1.807, 2.05) is 0 Å². The van der Waals surface area contributed by atoms with Gasteiger partial charge in [0.05, 0.1) is 0 Å². The van der Waals surface area contributed by atoms with Crippen molar-refractivity contribution in [2.45, 2.75) is 27.2 Å². The second-order valence-corrected chi connectivity index (χ2v) is 3.83. The molecule has 0 spiro atoms. The Morgan fingerprint density at radius 3 is 2.19 bits per heavy atom. The van der Waals surface area contributed by atoms with E-state index in [9.17, 15) is 9.90 Å². The molecule has 1 rings (SSSR count). The number of carboxylic acids is 1. The van der Waals surface area contributed by atoms with E-state index in [-0.39, 0.29) is 5.75 Å². The molecular formula is C13H16O3. The average molecular weight is 220 g/mol. The van der Waals surface area contributed by atoms with Gasteiger partial charge in [-0.05, 0) is 55.2 Å². The van der Waals surface area contributed by atoms with Crippen LogP contribution < -0.4 is 0 Å². The van der Waals surface area contributed by atoms with Crippen molar-refractivity contribution >= 4 is 12.0 Å². The minimum Gasteiger partial charge on any atom is -0.507 e. The van der Waals surface area contributed by atoms with E-state index in [1.54, 1.807) is 39.0 Å². The van der Waals surface area contributed by atoms with Crippen LogP contribution in [-0.2, 0) is 4.79 Å². The number of aryl methyl sites for hydroxylation is 2. The first kappa shape index (κ1) is 12.3. The van der Waals surface area contributed by atoms with Gasteiger partial charge in [0.15, 0.2) is 0 Å². The summed E-state index contributed by atoms with van der Waals surface area (Å²) in [5.41, 5.74) is 2.69. The van der Waals surface area contributed by atoms with E-state index < -0.39 is 5.97 Å². The van der Waals surface area contributed by atoms with Gasteiger partial charge >= 0.3 is 5.97 Å². The van der Waals surface area contributed by atoms with Crippen LogP contribution in [0.5, 0.6) is 5.75 Å². The molecule has 0 aromatic heterocycles. The minimum atomic E-state index is -0.897. The van der Waals surface area contributed by atoms with E-state index in [4.69, 9.17) is 5.11 Å². The van der Waals surface area contributed by atoms with Crippen LogP contribution in [0, 0.1) is 13.8 Å². The second-order valence-electron chi connectivity index (χ2n) is 3.83. The molecule has 0 saturated carbocycles. The third kappa shape index (κ3) is 2.63. The third-order valence-electron chi connectivity index (χ3n) is 2.51. The van der Waals surface area contributed by atoms with Crippen LogP contribution in [0.4, 0.5) is 0 Å². The van der Waals surface area contributed by atoms with Crippen LogP contribution >= 0.6 is 0 Å². The van der Waals surface area contributed by atoms with E-state index in [0.717, 1.165) is 16.7 Å². The summed E-state index contributed by atoms with van der Waals surface area (Å²) in [5.74, 6) is -0.628. The standard InChI is InChI=1S/C13H16O3/c1-4-11(13(15)16)7-10-5-8(2)12(14)9(3)6-10/h5-7,14H,4H2,1-3H3,(H,15,16). The zero-order valence-electron chi connectivity index (χ0n) is 9.74. The lowest BCUT2D eigenvalue weighted by Gasteiger charge is -2.05. The van der Waals surface area contributed by atoms with Gasteiger partial charge in [-0.3, -0.25) is 0 Å². The van der Waals surface area contributed by atoms with Gasteiger partial charge < -0.3 is 10.2 Å². The molecule has 2 N–H and O–H groups in total. The molecule has 0 atom stereocenters. The Labute approximate surface area is 95.0 Å². The maximum absolute atomic E-state index is 10.9. The fourth-order valence-corrected chi connectivity index (χ4v) is 1.59. The highest BCUT2D eigenvalue weighted by molar-refractivity contribution is 5.92. The average Bonchev–Trinajstić information content (AvgIpc) is 2.21. The van der Waals surface area contributed by atoms with Gasteiger partial charge in [0.2, 0.25) is 0 Å². The molecule has 0 radical (unpaired) electrons. The summed E-state index contributed by atoms with van der Waals surface area (Å²) in [4.78, 5) is 10.9. The molecule has 0 aliphatic rings. The van der Waals surface area contributed by atoms with Gasteiger partial charge in [-0.2, -0.15) is 0 Å². The number of aliphatic carboxylic acids is 1. The summed E-state index contributed by atoms with van der Waals surface area (Å²) in [6, 6.07) is 3.56. The predicted octanol–water partition coefficient (Wildman–Crippen LogP) is 2.89. The number of phenolic OH excluding ortho intramolecular Hbond substituents is 1. The largest absolute Gasteiger partial charge is 0.507 e. The zero-order chi connectivity index (χ0) is 12.3. The minimum absolute atomic E-state index is 0.269. The predicted molar refractivity (Wildman–Crippen MR) is 63.5 cm³/mol. The lowest BCUT2D eigenvalue weighted by atomic mass is 10.0. The molecule has 0 heterocycles. The quantitative estimate of drug-likeness (QED) is 0.770. The number of rotatable bonds is 3. The van der Waals surface area contributed by atoms with Crippen LogP contribution in [0.1, 0.15) is 30.0 Å². The number of carboxylic acid groups (broad SMARTS) is 1. The Balaban J connectivity index is 3.20. The molecule has 0 unspecified atom stereocenters. The Hall–Kier alpha value is -1.77. The summed E-state index contributed by atoms with van der Waals surface area (Å²) < 4.78 is 0. The lowest BCUT2D eigenvalue weighted by molar-refractivity contribution is -0.132. The highest BCUT2D eigenvalue weighted by Gasteiger charge is 2.06. The number of carbonyl (C=O) groups is 1. The zero-order valence-corrected chi connectivity index (χ0v) is 9.74. The molecular weight excluding hydrogens is 204 g/mol. The van der Waals surface area contributed by atoms with Crippen molar-refractivity contribution < 1.29 is 15.0 Å². The molecule has 1 aromatic carbocycles. The molecule has 1 aromatic rings. The normalized spacial score (nSPS) is 11.6. The van der Waals surface area contributed by atoms with Crippen LogP contribution in [0.25, 0.3) is 6.08 Å². The van der Waals surface area contributed by atoms with Crippen molar-refractivity contribution in [1.29, 1.82) is 0 Å². The Kier molecular flexibility index (Phi) is 3.72. The van der Waals surface area contributed by atoms with Crippen molar-refractivity contribution in [1.82, 2.24) is 0 Å². The smallest absolute Gasteiger partial charge is 0.331 e. The monoisotopic (exact) mass is 220 g/mol. The number of hydrogen-bond donors (Lipinski definition) is 2. The first-order chi connectivity index (χ1) is 7.45.